The lowest BCUT2D eigenvalue weighted by molar-refractivity contribution is 0.0793. The fourth-order valence-electron chi connectivity index (χ4n) is 3.11. The number of aromatic nitrogens is 2. The summed E-state index contributed by atoms with van der Waals surface area (Å²) in [6, 6.07) is 17.7. The zero-order valence-corrected chi connectivity index (χ0v) is 16.6. The van der Waals surface area contributed by atoms with Crippen LogP contribution < -0.4 is 5.56 Å². The maximum absolute atomic E-state index is 12.5. The summed E-state index contributed by atoms with van der Waals surface area (Å²) in [4.78, 5) is 27.6. The van der Waals surface area contributed by atoms with Gasteiger partial charge < -0.3 is 4.90 Å². The third kappa shape index (κ3) is 4.13. The number of hydrogen-bond donors (Lipinski definition) is 0. The number of halogens is 1. The summed E-state index contributed by atoms with van der Waals surface area (Å²) in [6.07, 6.45) is 2.11. The Kier molecular flexibility index (Phi) is 5.50. The van der Waals surface area contributed by atoms with Gasteiger partial charge >= 0.3 is 0 Å². The van der Waals surface area contributed by atoms with Gasteiger partial charge in [0.2, 0.25) is 0 Å². The minimum atomic E-state index is -0.223. The molecule has 3 aromatic rings. The average Bonchev–Trinajstić information content (AvgIpc) is 3.26. The molecule has 0 spiro atoms. The van der Waals surface area contributed by atoms with Crippen LogP contribution in [0.1, 0.15) is 23.2 Å². The van der Waals surface area contributed by atoms with Gasteiger partial charge in [0.1, 0.15) is 5.03 Å². The maximum Gasteiger partial charge on any atom is 0.271 e. The molecule has 0 atom stereocenters. The van der Waals surface area contributed by atoms with E-state index in [0.29, 0.717) is 21.3 Å². The van der Waals surface area contributed by atoms with Gasteiger partial charge in [0.15, 0.2) is 0 Å². The van der Waals surface area contributed by atoms with Crippen molar-refractivity contribution in [1.29, 1.82) is 0 Å². The second kappa shape index (κ2) is 8.20. The van der Waals surface area contributed by atoms with Gasteiger partial charge in [0, 0.05) is 34.6 Å². The summed E-state index contributed by atoms with van der Waals surface area (Å²) < 4.78 is 1.35. The van der Waals surface area contributed by atoms with Crippen LogP contribution in [0.2, 0.25) is 5.02 Å². The molecule has 0 unspecified atom stereocenters. The average molecular weight is 412 g/mol. The summed E-state index contributed by atoms with van der Waals surface area (Å²) >= 11 is 7.37. The van der Waals surface area contributed by atoms with Crippen molar-refractivity contribution in [2.24, 2.45) is 0 Å². The topological polar surface area (TPSA) is 55.2 Å². The number of amides is 1. The van der Waals surface area contributed by atoms with Crippen molar-refractivity contribution in [2.45, 2.75) is 22.8 Å². The lowest BCUT2D eigenvalue weighted by atomic mass is 10.2. The molecular weight excluding hydrogens is 394 g/mol. The first-order valence-electron chi connectivity index (χ1n) is 9.04. The molecule has 1 saturated heterocycles. The summed E-state index contributed by atoms with van der Waals surface area (Å²) in [5, 5.41) is 5.82. The zero-order valence-electron chi connectivity index (χ0n) is 15.0. The number of hydrogen-bond acceptors (Lipinski definition) is 4. The molecular formula is C21H18ClN3O2S. The molecule has 0 N–H and O–H groups in total. The fourth-order valence-corrected chi connectivity index (χ4v) is 4.00. The van der Waals surface area contributed by atoms with Gasteiger partial charge in [0.25, 0.3) is 11.5 Å². The van der Waals surface area contributed by atoms with E-state index in [1.54, 1.807) is 30.3 Å². The van der Waals surface area contributed by atoms with Crippen LogP contribution in [-0.4, -0.2) is 33.7 Å². The number of carbonyl (C=O) groups is 1. The monoisotopic (exact) mass is 411 g/mol. The van der Waals surface area contributed by atoms with Gasteiger partial charge in [-0.1, -0.05) is 23.4 Å². The third-order valence-electron chi connectivity index (χ3n) is 4.56. The Bertz CT molecular complexity index is 1040. The Morgan fingerprint density at radius 2 is 1.61 bits per heavy atom. The molecule has 1 aromatic heterocycles. The first-order valence-corrected chi connectivity index (χ1v) is 10.2. The van der Waals surface area contributed by atoms with Crippen LogP contribution in [0.3, 0.4) is 0 Å². The van der Waals surface area contributed by atoms with Gasteiger partial charge in [-0.15, -0.1) is 0 Å². The minimum absolute atomic E-state index is 0.0383. The zero-order chi connectivity index (χ0) is 19.5. The molecule has 0 aliphatic carbocycles. The summed E-state index contributed by atoms with van der Waals surface area (Å²) in [5.74, 6) is 0.0383. The molecule has 2 aromatic carbocycles. The normalized spacial score (nSPS) is 13.7. The molecule has 1 aliphatic rings. The molecule has 2 heterocycles. The molecule has 1 fully saturated rings. The Morgan fingerprint density at radius 1 is 0.929 bits per heavy atom. The van der Waals surface area contributed by atoms with Gasteiger partial charge in [0.05, 0.1) is 5.69 Å². The van der Waals surface area contributed by atoms with Crippen LogP contribution in [-0.2, 0) is 0 Å². The molecule has 0 radical (unpaired) electrons. The molecule has 1 amide bonds. The lowest BCUT2D eigenvalue weighted by Crippen LogP contribution is -2.27. The molecule has 7 heteroatoms. The second-order valence-corrected chi connectivity index (χ2v) is 8.05. The van der Waals surface area contributed by atoms with E-state index in [4.69, 9.17) is 11.6 Å². The number of nitrogens with zero attached hydrogens (tertiary/aromatic N) is 3. The highest BCUT2D eigenvalue weighted by molar-refractivity contribution is 7.99. The van der Waals surface area contributed by atoms with Crippen molar-refractivity contribution < 1.29 is 4.79 Å². The Labute approximate surface area is 171 Å². The molecule has 28 heavy (non-hydrogen) atoms. The first kappa shape index (κ1) is 18.8. The van der Waals surface area contributed by atoms with Crippen LogP contribution in [0.15, 0.2) is 75.4 Å². The molecule has 0 bridgehead atoms. The van der Waals surface area contributed by atoms with E-state index in [2.05, 4.69) is 5.10 Å². The van der Waals surface area contributed by atoms with Crippen LogP contribution in [0.25, 0.3) is 5.69 Å². The smallest absolute Gasteiger partial charge is 0.271 e. The SMILES string of the molecule is O=C(c1ccc(-n2nc(Sc3ccc(Cl)cc3)ccc2=O)cc1)N1CCCC1. The van der Waals surface area contributed by atoms with Crippen LogP contribution in [0.4, 0.5) is 0 Å². The molecule has 1 aliphatic heterocycles. The summed E-state index contributed by atoms with van der Waals surface area (Å²) in [5.41, 5.74) is 1.03. The Balaban J connectivity index is 1.57. The van der Waals surface area contributed by atoms with Crippen molar-refractivity contribution in [3.05, 3.63) is 81.6 Å². The minimum Gasteiger partial charge on any atom is -0.339 e. The molecule has 0 saturated carbocycles. The highest BCUT2D eigenvalue weighted by Gasteiger charge is 2.19. The van der Waals surface area contributed by atoms with Gasteiger partial charge in [-0.3, -0.25) is 9.59 Å². The summed E-state index contributed by atoms with van der Waals surface area (Å²) in [6.45, 7) is 1.62. The van der Waals surface area contributed by atoms with Gasteiger partial charge in [-0.2, -0.15) is 9.78 Å². The Morgan fingerprint density at radius 3 is 2.29 bits per heavy atom. The standard InChI is InChI=1S/C21H18ClN3O2S/c22-16-5-9-18(10-6-16)28-19-11-12-20(26)25(23-19)17-7-3-15(4-8-17)21(27)24-13-1-2-14-24/h3-12H,1-2,13-14H2. The molecule has 4 rings (SSSR count). The fraction of sp³-hybridized carbons (Fsp3) is 0.190. The quantitative estimate of drug-likeness (QED) is 0.643. The predicted octanol–water partition coefficient (Wildman–Crippen LogP) is 4.27. The van der Waals surface area contributed by atoms with E-state index >= 15 is 0 Å². The van der Waals surface area contributed by atoms with Gasteiger partial charge in [-0.25, -0.2) is 0 Å². The van der Waals surface area contributed by atoms with E-state index in [1.807, 2.05) is 29.2 Å². The van der Waals surface area contributed by atoms with Gasteiger partial charge in [-0.05, 0) is 67.4 Å². The van der Waals surface area contributed by atoms with E-state index in [0.717, 1.165) is 30.8 Å². The molecule has 142 valence electrons. The largest absolute Gasteiger partial charge is 0.339 e. The number of carbonyl (C=O) groups excluding carboxylic acids is 1. The van der Waals surface area contributed by atoms with Crippen molar-refractivity contribution >= 4 is 29.3 Å². The Hall–Kier alpha value is -2.57. The first-order chi connectivity index (χ1) is 13.6. The van der Waals surface area contributed by atoms with Crippen molar-refractivity contribution in [2.75, 3.05) is 13.1 Å². The van der Waals surface area contributed by atoms with E-state index in [1.165, 1.54) is 22.5 Å². The van der Waals surface area contributed by atoms with Crippen LogP contribution >= 0.6 is 23.4 Å². The molecule has 5 nitrogen and oxygen atoms in total. The van der Waals surface area contributed by atoms with E-state index in [9.17, 15) is 9.59 Å². The van der Waals surface area contributed by atoms with E-state index < -0.39 is 0 Å². The summed E-state index contributed by atoms with van der Waals surface area (Å²) in [7, 11) is 0. The van der Waals surface area contributed by atoms with Crippen molar-refractivity contribution in [1.82, 2.24) is 14.7 Å². The maximum atomic E-state index is 12.5. The number of likely N-dealkylation sites (tertiary alicyclic amines) is 1. The van der Waals surface area contributed by atoms with Crippen molar-refractivity contribution in [3.8, 4) is 5.69 Å². The van der Waals surface area contributed by atoms with Crippen LogP contribution in [0, 0.1) is 0 Å². The second-order valence-electron chi connectivity index (χ2n) is 6.52. The number of rotatable bonds is 4. The predicted molar refractivity (Wildman–Crippen MR) is 111 cm³/mol. The third-order valence-corrected chi connectivity index (χ3v) is 5.75. The lowest BCUT2D eigenvalue weighted by Gasteiger charge is -2.15. The highest BCUT2D eigenvalue weighted by atomic mass is 35.5. The van der Waals surface area contributed by atoms with Crippen LogP contribution in [0.5, 0.6) is 0 Å². The number of benzene rings is 2. The van der Waals surface area contributed by atoms with E-state index in [-0.39, 0.29) is 11.5 Å². The highest BCUT2D eigenvalue weighted by Crippen LogP contribution is 2.26. The van der Waals surface area contributed by atoms with Crippen molar-refractivity contribution in [3.63, 3.8) is 0 Å².